The summed E-state index contributed by atoms with van der Waals surface area (Å²) in [6.07, 6.45) is 1.64. The van der Waals surface area contributed by atoms with Crippen LogP contribution in [0.3, 0.4) is 0 Å². The van der Waals surface area contributed by atoms with Gasteiger partial charge >= 0.3 is 5.97 Å². The van der Waals surface area contributed by atoms with Gasteiger partial charge in [0.25, 0.3) is 0 Å². The normalized spacial score (nSPS) is 12.5. The maximum absolute atomic E-state index is 13.2. The smallest absolute Gasteiger partial charge is 0.311 e. The molecule has 0 bridgehead atoms. The number of carbonyl (C=O) groups is 1. The van der Waals surface area contributed by atoms with Crippen LogP contribution in [-0.2, 0) is 4.79 Å². The summed E-state index contributed by atoms with van der Waals surface area (Å²) in [4.78, 5) is 14.2. The fraction of sp³-hybridized carbons (Fsp3) is 0.333. The Hall–Kier alpha value is -0.970. The first-order chi connectivity index (χ1) is 6.56. The molecule has 3 nitrogen and oxygen atoms in total. The molecule has 14 heavy (non-hydrogen) atoms. The van der Waals surface area contributed by atoms with Gasteiger partial charge in [-0.2, -0.15) is 4.39 Å². The standard InChI is InChI=1S/C9H9BrFNO2/c1-2-6(9(13)14)7-3-5(10)4-12-8(7)11/h3-4,6H,2H2,1H3,(H,13,14). The van der Waals surface area contributed by atoms with Crippen LogP contribution in [-0.4, -0.2) is 16.1 Å². The van der Waals surface area contributed by atoms with Crippen LogP contribution in [0.2, 0.25) is 0 Å². The van der Waals surface area contributed by atoms with Crippen molar-refractivity contribution in [1.29, 1.82) is 0 Å². The second kappa shape index (κ2) is 4.50. The number of aromatic nitrogens is 1. The van der Waals surface area contributed by atoms with E-state index in [1.165, 1.54) is 12.3 Å². The van der Waals surface area contributed by atoms with Crippen LogP contribution in [0.4, 0.5) is 4.39 Å². The summed E-state index contributed by atoms with van der Waals surface area (Å²) in [5.74, 6) is -2.59. The number of rotatable bonds is 3. The molecule has 1 rings (SSSR count). The van der Waals surface area contributed by atoms with E-state index in [1.54, 1.807) is 6.92 Å². The molecular formula is C9H9BrFNO2. The highest BCUT2D eigenvalue weighted by Crippen LogP contribution is 2.24. The van der Waals surface area contributed by atoms with Crippen molar-refractivity contribution in [3.63, 3.8) is 0 Å². The number of carboxylic acid groups (broad SMARTS) is 1. The Morgan fingerprint density at radius 2 is 2.43 bits per heavy atom. The van der Waals surface area contributed by atoms with Gasteiger partial charge in [0, 0.05) is 16.2 Å². The highest BCUT2D eigenvalue weighted by molar-refractivity contribution is 9.10. The molecule has 1 unspecified atom stereocenters. The molecule has 0 radical (unpaired) electrons. The lowest BCUT2D eigenvalue weighted by atomic mass is 9.98. The molecule has 1 heterocycles. The fourth-order valence-corrected chi connectivity index (χ4v) is 1.56. The van der Waals surface area contributed by atoms with Gasteiger partial charge in [-0.05, 0) is 28.4 Å². The van der Waals surface area contributed by atoms with Crippen LogP contribution in [0.25, 0.3) is 0 Å². The monoisotopic (exact) mass is 261 g/mol. The van der Waals surface area contributed by atoms with Crippen molar-refractivity contribution in [2.45, 2.75) is 19.3 Å². The molecule has 1 atom stereocenters. The van der Waals surface area contributed by atoms with Crippen LogP contribution in [0.5, 0.6) is 0 Å². The summed E-state index contributed by atoms with van der Waals surface area (Å²) in [5, 5.41) is 8.83. The molecule has 0 aliphatic rings. The van der Waals surface area contributed by atoms with Crippen molar-refractivity contribution < 1.29 is 14.3 Å². The lowest BCUT2D eigenvalue weighted by Crippen LogP contribution is -2.12. The zero-order valence-electron chi connectivity index (χ0n) is 7.50. The van der Waals surface area contributed by atoms with Crippen molar-refractivity contribution in [3.05, 3.63) is 28.2 Å². The van der Waals surface area contributed by atoms with E-state index in [-0.39, 0.29) is 5.56 Å². The van der Waals surface area contributed by atoms with Gasteiger partial charge in [0.1, 0.15) is 0 Å². The minimum atomic E-state index is -1.04. The van der Waals surface area contributed by atoms with Gasteiger partial charge in [-0.25, -0.2) is 4.98 Å². The van der Waals surface area contributed by atoms with Crippen molar-refractivity contribution in [3.8, 4) is 0 Å². The van der Waals surface area contributed by atoms with Crippen LogP contribution < -0.4 is 0 Å². The van der Waals surface area contributed by atoms with Gasteiger partial charge in [-0.3, -0.25) is 4.79 Å². The third-order valence-electron chi connectivity index (χ3n) is 1.91. The van der Waals surface area contributed by atoms with Gasteiger partial charge in [0.15, 0.2) is 0 Å². The second-order valence-electron chi connectivity index (χ2n) is 2.83. The van der Waals surface area contributed by atoms with E-state index >= 15 is 0 Å². The Morgan fingerprint density at radius 3 is 2.93 bits per heavy atom. The van der Waals surface area contributed by atoms with Gasteiger partial charge in [0.2, 0.25) is 5.95 Å². The first-order valence-electron chi connectivity index (χ1n) is 4.10. The van der Waals surface area contributed by atoms with E-state index in [4.69, 9.17) is 5.11 Å². The van der Waals surface area contributed by atoms with Crippen LogP contribution in [0.15, 0.2) is 16.7 Å². The maximum Gasteiger partial charge on any atom is 0.311 e. The number of hydrogen-bond donors (Lipinski definition) is 1. The lowest BCUT2D eigenvalue weighted by molar-refractivity contribution is -0.138. The van der Waals surface area contributed by atoms with E-state index in [9.17, 15) is 9.18 Å². The molecule has 1 aromatic rings. The fourth-order valence-electron chi connectivity index (χ4n) is 1.21. The number of aliphatic carboxylic acids is 1. The summed E-state index contributed by atoms with van der Waals surface area (Å²) in [5.41, 5.74) is 0.120. The number of hydrogen-bond acceptors (Lipinski definition) is 2. The predicted octanol–water partition coefficient (Wildman–Crippen LogP) is 2.56. The molecule has 0 aliphatic carbocycles. The Kier molecular flexibility index (Phi) is 3.57. The summed E-state index contributed by atoms with van der Waals surface area (Å²) in [6.45, 7) is 1.69. The summed E-state index contributed by atoms with van der Waals surface area (Å²) >= 11 is 3.12. The highest BCUT2D eigenvalue weighted by atomic mass is 79.9. The zero-order valence-corrected chi connectivity index (χ0v) is 9.08. The lowest BCUT2D eigenvalue weighted by Gasteiger charge is -2.10. The highest BCUT2D eigenvalue weighted by Gasteiger charge is 2.22. The number of carboxylic acids is 1. The van der Waals surface area contributed by atoms with Gasteiger partial charge in [-0.1, -0.05) is 6.92 Å². The van der Waals surface area contributed by atoms with Crippen molar-refractivity contribution in [2.24, 2.45) is 0 Å². The van der Waals surface area contributed by atoms with Crippen LogP contribution in [0.1, 0.15) is 24.8 Å². The Balaban J connectivity index is 3.15. The molecule has 0 aliphatic heterocycles. The van der Waals surface area contributed by atoms with Gasteiger partial charge in [0.05, 0.1) is 5.92 Å². The van der Waals surface area contributed by atoms with Crippen LogP contribution in [0, 0.1) is 5.95 Å². The average Bonchev–Trinajstić information content (AvgIpc) is 2.11. The molecule has 76 valence electrons. The topological polar surface area (TPSA) is 50.2 Å². The minimum Gasteiger partial charge on any atom is -0.481 e. The van der Waals surface area contributed by atoms with E-state index in [2.05, 4.69) is 20.9 Å². The average molecular weight is 262 g/mol. The second-order valence-corrected chi connectivity index (χ2v) is 3.75. The largest absolute Gasteiger partial charge is 0.481 e. The SMILES string of the molecule is CCC(C(=O)O)c1cc(Br)cnc1F. The third kappa shape index (κ3) is 2.29. The third-order valence-corrected chi connectivity index (χ3v) is 2.35. The summed E-state index contributed by atoms with van der Waals surface area (Å²) in [7, 11) is 0. The van der Waals surface area contributed by atoms with Gasteiger partial charge < -0.3 is 5.11 Å². The summed E-state index contributed by atoms with van der Waals surface area (Å²) < 4.78 is 13.7. The molecule has 0 saturated carbocycles. The van der Waals surface area contributed by atoms with Crippen molar-refractivity contribution in [2.75, 3.05) is 0 Å². The number of halogens is 2. The van der Waals surface area contributed by atoms with E-state index in [1.807, 2.05) is 0 Å². The molecule has 0 spiro atoms. The molecule has 0 fully saturated rings. The predicted molar refractivity (Wildman–Crippen MR) is 52.6 cm³/mol. The Morgan fingerprint density at radius 1 is 1.79 bits per heavy atom. The van der Waals surface area contributed by atoms with E-state index < -0.39 is 17.8 Å². The van der Waals surface area contributed by atoms with E-state index in [0.717, 1.165) is 0 Å². The molecular weight excluding hydrogens is 253 g/mol. The van der Waals surface area contributed by atoms with Crippen molar-refractivity contribution >= 4 is 21.9 Å². The molecule has 1 N–H and O–H groups in total. The minimum absolute atomic E-state index is 0.120. The summed E-state index contributed by atoms with van der Waals surface area (Å²) in [6, 6.07) is 1.45. The Bertz CT molecular complexity index is 357. The first kappa shape index (κ1) is 11.1. The quantitative estimate of drug-likeness (QED) is 0.851. The first-order valence-corrected chi connectivity index (χ1v) is 4.89. The zero-order chi connectivity index (χ0) is 10.7. The van der Waals surface area contributed by atoms with Crippen molar-refractivity contribution in [1.82, 2.24) is 4.98 Å². The number of pyridine rings is 1. The van der Waals surface area contributed by atoms with E-state index in [0.29, 0.717) is 10.9 Å². The maximum atomic E-state index is 13.2. The molecule has 5 heteroatoms. The number of nitrogens with zero attached hydrogens (tertiary/aromatic N) is 1. The molecule has 0 amide bonds. The molecule has 0 saturated heterocycles. The van der Waals surface area contributed by atoms with Crippen LogP contribution >= 0.6 is 15.9 Å². The Labute approximate surface area is 89.1 Å². The molecule has 1 aromatic heterocycles. The molecule has 0 aromatic carbocycles. The van der Waals surface area contributed by atoms with Gasteiger partial charge in [-0.15, -0.1) is 0 Å².